The second kappa shape index (κ2) is 8.77. The van der Waals surface area contributed by atoms with E-state index < -0.39 is 0 Å². The molecule has 1 heterocycles. The molecular weight excluding hydrogens is 343 g/mol. The molecule has 0 aromatic heterocycles. The second-order valence-electron chi connectivity index (χ2n) is 6.73. The molecule has 4 rings (SSSR count). The highest BCUT2D eigenvalue weighted by molar-refractivity contribution is 6.61. The van der Waals surface area contributed by atoms with Gasteiger partial charge < -0.3 is 9.31 Å². The van der Waals surface area contributed by atoms with Gasteiger partial charge in [0, 0.05) is 0 Å². The molecule has 0 fully saturated rings. The molecule has 3 heteroatoms. The Balaban J connectivity index is 1.80. The fourth-order valence-electron chi connectivity index (χ4n) is 3.61. The first kappa shape index (κ1) is 18.3. The normalized spacial score (nSPS) is 14.4. The lowest BCUT2D eigenvalue weighted by atomic mass is 9.77. The molecule has 0 saturated carbocycles. The monoisotopic (exact) mass is 366 g/mol. The molecule has 0 aliphatic carbocycles. The van der Waals surface area contributed by atoms with Gasteiger partial charge in [0.1, 0.15) is 0 Å². The molecule has 3 aromatic rings. The summed E-state index contributed by atoms with van der Waals surface area (Å²) in [4.78, 5) is 0. The Morgan fingerprint density at radius 3 is 1.96 bits per heavy atom. The molecule has 0 amide bonds. The van der Waals surface area contributed by atoms with Gasteiger partial charge in [-0.25, -0.2) is 0 Å². The van der Waals surface area contributed by atoms with E-state index in [1.54, 1.807) is 6.26 Å². The summed E-state index contributed by atoms with van der Waals surface area (Å²) in [5.74, 6) is 0. The summed E-state index contributed by atoms with van der Waals surface area (Å²) in [6.07, 6.45) is 4.53. The first-order valence-corrected chi connectivity index (χ1v) is 9.73. The van der Waals surface area contributed by atoms with E-state index in [0.717, 1.165) is 11.9 Å². The van der Waals surface area contributed by atoms with Crippen LogP contribution in [0.15, 0.2) is 97.3 Å². The summed E-state index contributed by atoms with van der Waals surface area (Å²) in [5.41, 5.74) is 7.32. The first-order chi connectivity index (χ1) is 13.9. The van der Waals surface area contributed by atoms with Crippen LogP contribution in [0.5, 0.6) is 0 Å². The van der Waals surface area contributed by atoms with E-state index >= 15 is 0 Å². The fraction of sp³-hybridized carbons (Fsp3) is 0.120. The van der Waals surface area contributed by atoms with Crippen LogP contribution in [0.3, 0.4) is 0 Å². The van der Waals surface area contributed by atoms with Crippen LogP contribution in [0, 0.1) is 0 Å². The predicted octanol–water partition coefficient (Wildman–Crippen LogP) is 5.31. The van der Waals surface area contributed by atoms with Crippen LogP contribution in [-0.2, 0) is 9.31 Å². The molecule has 3 aromatic carbocycles. The first-order valence-electron chi connectivity index (χ1n) is 9.73. The number of rotatable bonds is 5. The molecule has 1 aliphatic rings. The summed E-state index contributed by atoms with van der Waals surface area (Å²) < 4.78 is 11.2. The Kier molecular flexibility index (Phi) is 5.74. The van der Waals surface area contributed by atoms with Crippen molar-refractivity contribution in [3.8, 4) is 0 Å². The van der Waals surface area contributed by atoms with Crippen LogP contribution >= 0.6 is 0 Å². The molecule has 1 aliphatic heterocycles. The van der Waals surface area contributed by atoms with Crippen molar-refractivity contribution >= 4 is 23.7 Å². The summed E-state index contributed by atoms with van der Waals surface area (Å²) >= 11 is 0. The van der Waals surface area contributed by atoms with Gasteiger partial charge in [0.05, 0.1) is 12.9 Å². The molecule has 0 bridgehead atoms. The zero-order valence-corrected chi connectivity index (χ0v) is 16.0. The van der Waals surface area contributed by atoms with E-state index in [2.05, 4.69) is 91.9 Å². The maximum atomic E-state index is 5.67. The third-order valence-electron chi connectivity index (χ3n) is 4.95. The molecule has 28 heavy (non-hydrogen) atoms. The van der Waals surface area contributed by atoms with Crippen LogP contribution in [0.2, 0.25) is 0 Å². The van der Waals surface area contributed by atoms with Crippen LogP contribution < -0.4 is 5.46 Å². The lowest BCUT2D eigenvalue weighted by Gasteiger charge is -2.18. The van der Waals surface area contributed by atoms with Gasteiger partial charge in [-0.15, -0.1) is 0 Å². The third kappa shape index (κ3) is 3.95. The summed E-state index contributed by atoms with van der Waals surface area (Å²) in [6, 6.07) is 29.8. The zero-order chi connectivity index (χ0) is 19.2. The Hall–Kier alpha value is -3.04. The van der Waals surface area contributed by atoms with Gasteiger partial charge in [0.15, 0.2) is 0 Å². The Morgan fingerprint density at radius 2 is 1.39 bits per heavy atom. The Morgan fingerprint density at radius 1 is 0.786 bits per heavy atom. The number of hydrogen-bond donors (Lipinski definition) is 0. The molecule has 138 valence electrons. The summed E-state index contributed by atoms with van der Waals surface area (Å²) in [6.45, 7) is 2.80. The smallest absolute Gasteiger partial charge is 0.538 e. The van der Waals surface area contributed by atoms with Gasteiger partial charge in [0.25, 0.3) is 0 Å². The molecule has 2 nitrogen and oxygen atoms in total. The fourth-order valence-corrected chi connectivity index (χ4v) is 3.61. The lowest BCUT2D eigenvalue weighted by molar-refractivity contribution is 0.264. The largest absolute Gasteiger partial charge is 0.562 e. The van der Waals surface area contributed by atoms with Crippen molar-refractivity contribution in [2.45, 2.75) is 13.3 Å². The minimum absolute atomic E-state index is 0.331. The summed E-state index contributed by atoms with van der Waals surface area (Å²) in [5, 5.41) is 0. The second-order valence-corrected chi connectivity index (χ2v) is 6.73. The zero-order valence-electron chi connectivity index (χ0n) is 16.0. The van der Waals surface area contributed by atoms with Crippen LogP contribution in [0.4, 0.5) is 0 Å². The van der Waals surface area contributed by atoms with Gasteiger partial charge >= 0.3 is 7.12 Å². The van der Waals surface area contributed by atoms with Crippen molar-refractivity contribution in [2.75, 3.05) is 6.61 Å². The molecule has 0 N–H and O–H groups in total. The van der Waals surface area contributed by atoms with Crippen molar-refractivity contribution in [1.29, 1.82) is 0 Å². The van der Waals surface area contributed by atoms with Crippen molar-refractivity contribution in [3.05, 3.63) is 114 Å². The topological polar surface area (TPSA) is 18.5 Å². The van der Waals surface area contributed by atoms with Gasteiger partial charge in [-0.05, 0) is 45.8 Å². The standard InChI is InChI=1S/C25H23BO2/c1-2-24(20-10-5-3-6-11-20)25(21-12-7-4-8-13-21)22-14-16-23(17-15-22)26-27-18-9-19-28-26/h3-18H,2,19H2,1H3. The molecule has 0 unspecified atom stereocenters. The van der Waals surface area contributed by atoms with Gasteiger partial charge in [-0.2, -0.15) is 0 Å². The molecule has 0 radical (unpaired) electrons. The highest BCUT2D eigenvalue weighted by Crippen LogP contribution is 2.33. The quantitative estimate of drug-likeness (QED) is 0.450. The van der Waals surface area contributed by atoms with Crippen molar-refractivity contribution < 1.29 is 9.31 Å². The van der Waals surface area contributed by atoms with Crippen molar-refractivity contribution in [3.63, 3.8) is 0 Å². The average molecular weight is 366 g/mol. The molecule has 0 saturated heterocycles. The third-order valence-corrected chi connectivity index (χ3v) is 4.95. The van der Waals surface area contributed by atoms with Crippen molar-refractivity contribution in [1.82, 2.24) is 0 Å². The van der Waals surface area contributed by atoms with Crippen LogP contribution in [0.1, 0.15) is 30.0 Å². The van der Waals surface area contributed by atoms with Crippen molar-refractivity contribution in [2.24, 2.45) is 0 Å². The summed E-state index contributed by atoms with van der Waals surface area (Å²) in [7, 11) is -0.331. The lowest BCUT2D eigenvalue weighted by Crippen LogP contribution is -2.37. The van der Waals surface area contributed by atoms with E-state index in [1.165, 1.54) is 27.8 Å². The maximum Gasteiger partial charge on any atom is 0.562 e. The highest BCUT2D eigenvalue weighted by atomic mass is 16.6. The van der Waals surface area contributed by atoms with Gasteiger partial charge in [-0.3, -0.25) is 0 Å². The molecule has 0 spiro atoms. The minimum atomic E-state index is -0.331. The van der Waals surface area contributed by atoms with E-state index in [4.69, 9.17) is 9.31 Å². The van der Waals surface area contributed by atoms with Gasteiger partial charge in [0.2, 0.25) is 0 Å². The van der Waals surface area contributed by atoms with Crippen LogP contribution in [-0.4, -0.2) is 13.7 Å². The molecular formula is C25H23BO2. The van der Waals surface area contributed by atoms with Crippen LogP contribution in [0.25, 0.3) is 11.1 Å². The number of allylic oxidation sites excluding steroid dienone is 1. The van der Waals surface area contributed by atoms with E-state index in [0.29, 0.717) is 6.61 Å². The van der Waals surface area contributed by atoms with E-state index in [9.17, 15) is 0 Å². The highest BCUT2D eigenvalue weighted by Gasteiger charge is 2.24. The minimum Gasteiger partial charge on any atom is -0.538 e. The number of hydrogen-bond acceptors (Lipinski definition) is 2. The van der Waals surface area contributed by atoms with Gasteiger partial charge in [-0.1, -0.05) is 91.9 Å². The average Bonchev–Trinajstić information content (AvgIpc) is 2.79. The predicted molar refractivity (Wildman–Crippen MR) is 117 cm³/mol. The number of benzene rings is 3. The van der Waals surface area contributed by atoms with E-state index in [-0.39, 0.29) is 7.12 Å². The molecule has 0 atom stereocenters. The maximum absolute atomic E-state index is 5.67. The van der Waals surface area contributed by atoms with E-state index in [1.807, 2.05) is 6.08 Å². The Bertz CT molecular complexity index is 960. The SMILES string of the molecule is CCC(=C(c1ccccc1)c1ccc(B2OC=CCO2)cc1)c1ccccc1. The Labute approximate surface area is 167 Å².